The van der Waals surface area contributed by atoms with Crippen molar-refractivity contribution in [3.05, 3.63) is 0 Å². The number of rotatable bonds is 4. The average molecular weight is 156 g/mol. The molecule has 11 heavy (non-hydrogen) atoms. The SMILES string of the molecule is CCOC(=O)C(CC)C1CC1. The van der Waals surface area contributed by atoms with Crippen molar-refractivity contribution in [1.82, 2.24) is 0 Å². The van der Waals surface area contributed by atoms with Gasteiger partial charge in [0.05, 0.1) is 12.5 Å². The van der Waals surface area contributed by atoms with Gasteiger partial charge in [-0.05, 0) is 32.1 Å². The van der Waals surface area contributed by atoms with E-state index in [1.54, 1.807) is 0 Å². The Morgan fingerprint density at radius 1 is 1.55 bits per heavy atom. The van der Waals surface area contributed by atoms with E-state index in [1.165, 1.54) is 12.8 Å². The van der Waals surface area contributed by atoms with Crippen LogP contribution in [0, 0.1) is 11.8 Å². The van der Waals surface area contributed by atoms with E-state index in [1.807, 2.05) is 6.92 Å². The minimum Gasteiger partial charge on any atom is -0.466 e. The number of ether oxygens (including phenoxy) is 1. The summed E-state index contributed by atoms with van der Waals surface area (Å²) in [5.74, 6) is 0.839. The molecule has 0 aromatic rings. The van der Waals surface area contributed by atoms with E-state index in [4.69, 9.17) is 4.74 Å². The van der Waals surface area contributed by atoms with Gasteiger partial charge in [-0.2, -0.15) is 0 Å². The molecule has 0 amide bonds. The summed E-state index contributed by atoms with van der Waals surface area (Å²) in [5.41, 5.74) is 0. The molecule has 0 bridgehead atoms. The van der Waals surface area contributed by atoms with Crippen molar-refractivity contribution in [2.45, 2.75) is 33.1 Å². The molecule has 1 fully saturated rings. The van der Waals surface area contributed by atoms with E-state index in [2.05, 4.69) is 6.92 Å². The van der Waals surface area contributed by atoms with Gasteiger partial charge in [0.15, 0.2) is 0 Å². The molecule has 64 valence electrons. The predicted octanol–water partition coefficient (Wildman–Crippen LogP) is 1.99. The maximum Gasteiger partial charge on any atom is 0.309 e. The van der Waals surface area contributed by atoms with Crippen molar-refractivity contribution in [3.63, 3.8) is 0 Å². The van der Waals surface area contributed by atoms with Crippen LogP contribution in [-0.4, -0.2) is 12.6 Å². The number of carbonyl (C=O) groups is 1. The minimum absolute atomic E-state index is 0.0116. The zero-order valence-corrected chi connectivity index (χ0v) is 7.30. The molecular formula is C9H16O2. The molecule has 0 aliphatic heterocycles. The molecule has 0 saturated heterocycles. The summed E-state index contributed by atoms with van der Waals surface area (Å²) in [5, 5.41) is 0. The largest absolute Gasteiger partial charge is 0.466 e. The normalized spacial score (nSPS) is 19.5. The van der Waals surface area contributed by atoms with Crippen LogP contribution >= 0.6 is 0 Å². The number of carbonyl (C=O) groups excluding carboxylic acids is 1. The number of esters is 1. The fraction of sp³-hybridized carbons (Fsp3) is 0.889. The van der Waals surface area contributed by atoms with Gasteiger partial charge in [-0.15, -0.1) is 0 Å². The summed E-state index contributed by atoms with van der Waals surface area (Å²) in [6.07, 6.45) is 3.37. The van der Waals surface area contributed by atoms with Crippen LogP contribution in [-0.2, 0) is 9.53 Å². The molecule has 0 N–H and O–H groups in total. The summed E-state index contributed by atoms with van der Waals surface area (Å²) < 4.78 is 4.96. The molecule has 0 heterocycles. The monoisotopic (exact) mass is 156 g/mol. The van der Waals surface area contributed by atoms with Gasteiger partial charge in [-0.1, -0.05) is 6.92 Å². The van der Waals surface area contributed by atoms with E-state index in [9.17, 15) is 4.79 Å². The second-order valence-corrected chi connectivity index (χ2v) is 3.10. The van der Waals surface area contributed by atoms with E-state index >= 15 is 0 Å². The molecule has 0 aromatic carbocycles. The van der Waals surface area contributed by atoms with Crippen molar-refractivity contribution < 1.29 is 9.53 Å². The molecule has 0 radical (unpaired) electrons. The van der Waals surface area contributed by atoms with Crippen molar-refractivity contribution in [1.29, 1.82) is 0 Å². The quantitative estimate of drug-likeness (QED) is 0.582. The molecule has 2 heteroatoms. The fourth-order valence-electron chi connectivity index (χ4n) is 1.44. The van der Waals surface area contributed by atoms with Crippen molar-refractivity contribution in [2.24, 2.45) is 11.8 Å². The third-order valence-corrected chi connectivity index (χ3v) is 2.22. The minimum atomic E-state index is 0.0116. The van der Waals surface area contributed by atoms with E-state index < -0.39 is 0 Å². The Kier molecular flexibility index (Phi) is 2.92. The first-order chi connectivity index (χ1) is 5.29. The molecule has 1 aliphatic rings. The van der Waals surface area contributed by atoms with E-state index in [-0.39, 0.29) is 11.9 Å². The van der Waals surface area contributed by atoms with Crippen molar-refractivity contribution in [3.8, 4) is 0 Å². The van der Waals surface area contributed by atoms with Gasteiger partial charge in [0.2, 0.25) is 0 Å². The van der Waals surface area contributed by atoms with Gasteiger partial charge in [-0.3, -0.25) is 4.79 Å². The van der Waals surface area contributed by atoms with Gasteiger partial charge in [0.25, 0.3) is 0 Å². The van der Waals surface area contributed by atoms with Crippen LogP contribution in [0.2, 0.25) is 0 Å². The second-order valence-electron chi connectivity index (χ2n) is 3.10. The smallest absolute Gasteiger partial charge is 0.309 e. The molecule has 1 saturated carbocycles. The summed E-state index contributed by atoms with van der Waals surface area (Å²) in [4.78, 5) is 11.2. The van der Waals surface area contributed by atoms with Crippen LogP contribution in [0.25, 0.3) is 0 Å². The second kappa shape index (κ2) is 3.74. The fourth-order valence-corrected chi connectivity index (χ4v) is 1.44. The molecule has 0 aromatic heterocycles. The highest BCUT2D eigenvalue weighted by Crippen LogP contribution is 2.38. The lowest BCUT2D eigenvalue weighted by Crippen LogP contribution is -2.18. The summed E-state index contributed by atoms with van der Waals surface area (Å²) in [6, 6.07) is 0. The lowest BCUT2D eigenvalue weighted by atomic mass is 10.0. The molecule has 1 rings (SSSR count). The van der Waals surface area contributed by atoms with Crippen LogP contribution in [0.3, 0.4) is 0 Å². The highest BCUT2D eigenvalue weighted by molar-refractivity contribution is 5.73. The van der Waals surface area contributed by atoms with Gasteiger partial charge >= 0.3 is 5.97 Å². The Hall–Kier alpha value is -0.530. The standard InChI is InChI=1S/C9H16O2/c1-3-8(7-5-6-7)9(10)11-4-2/h7-8H,3-6H2,1-2H3. The Morgan fingerprint density at radius 3 is 2.55 bits per heavy atom. The Morgan fingerprint density at radius 2 is 2.18 bits per heavy atom. The zero-order valence-electron chi connectivity index (χ0n) is 7.30. The van der Waals surface area contributed by atoms with Gasteiger partial charge < -0.3 is 4.74 Å². The first kappa shape index (κ1) is 8.57. The Balaban J connectivity index is 2.33. The molecule has 1 unspecified atom stereocenters. The highest BCUT2D eigenvalue weighted by Gasteiger charge is 2.35. The van der Waals surface area contributed by atoms with Crippen LogP contribution in [0.4, 0.5) is 0 Å². The van der Waals surface area contributed by atoms with E-state index in [0.29, 0.717) is 12.5 Å². The molecule has 1 atom stereocenters. The third kappa shape index (κ3) is 2.21. The Labute approximate surface area is 67.9 Å². The molecular weight excluding hydrogens is 140 g/mol. The molecule has 2 nitrogen and oxygen atoms in total. The lowest BCUT2D eigenvalue weighted by Gasteiger charge is -2.11. The summed E-state index contributed by atoms with van der Waals surface area (Å²) in [7, 11) is 0. The molecule has 0 spiro atoms. The number of hydrogen-bond donors (Lipinski definition) is 0. The number of hydrogen-bond acceptors (Lipinski definition) is 2. The van der Waals surface area contributed by atoms with Gasteiger partial charge in [0.1, 0.15) is 0 Å². The van der Waals surface area contributed by atoms with Crippen LogP contribution in [0.15, 0.2) is 0 Å². The van der Waals surface area contributed by atoms with Gasteiger partial charge in [-0.25, -0.2) is 0 Å². The molecule has 1 aliphatic carbocycles. The van der Waals surface area contributed by atoms with Crippen LogP contribution in [0.5, 0.6) is 0 Å². The first-order valence-corrected chi connectivity index (χ1v) is 4.46. The maximum absolute atomic E-state index is 11.2. The van der Waals surface area contributed by atoms with Crippen molar-refractivity contribution in [2.75, 3.05) is 6.61 Å². The van der Waals surface area contributed by atoms with Gasteiger partial charge in [0, 0.05) is 0 Å². The Bertz CT molecular complexity index is 138. The predicted molar refractivity (Wildman–Crippen MR) is 43.1 cm³/mol. The van der Waals surface area contributed by atoms with Crippen molar-refractivity contribution >= 4 is 5.97 Å². The van der Waals surface area contributed by atoms with E-state index in [0.717, 1.165) is 6.42 Å². The third-order valence-electron chi connectivity index (χ3n) is 2.22. The van der Waals surface area contributed by atoms with Crippen LogP contribution < -0.4 is 0 Å². The zero-order chi connectivity index (χ0) is 8.27. The average Bonchev–Trinajstić information content (AvgIpc) is 2.73. The van der Waals surface area contributed by atoms with Crippen LogP contribution in [0.1, 0.15) is 33.1 Å². The highest BCUT2D eigenvalue weighted by atomic mass is 16.5. The topological polar surface area (TPSA) is 26.3 Å². The maximum atomic E-state index is 11.2. The summed E-state index contributed by atoms with van der Waals surface area (Å²) in [6.45, 7) is 4.43. The lowest BCUT2D eigenvalue weighted by molar-refractivity contribution is -0.148. The first-order valence-electron chi connectivity index (χ1n) is 4.46. The summed E-state index contributed by atoms with van der Waals surface area (Å²) >= 11 is 0.